The van der Waals surface area contributed by atoms with Gasteiger partial charge in [-0.1, -0.05) is 15.9 Å². The summed E-state index contributed by atoms with van der Waals surface area (Å²) in [6.07, 6.45) is 0. The normalized spacial score (nSPS) is 10.0. The second-order valence-electron chi connectivity index (χ2n) is 5.58. The van der Waals surface area contributed by atoms with Crippen molar-refractivity contribution in [1.29, 1.82) is 0 Å². The van der Waals surface area contributed by atoms with Gasteiger partial charge < -0.3 is 20.1 Å². The third-order valence-electron chi connectivity index (χ3n) is 3.55. The van der Waals surface area contributed by atoms with Crippen LogP contribution in [0.4, 0.5) is 5.69 Å². The molecule has 0 aliphatic rings. The molecule has 8 heteroatoms. The molecule has 2 rings (SSSR count). The lowest BCUT2D eigenvalue weighted by atomic mass is 10.2. The van der Waals surface area contributed by atoms with Crippen molar-refractivity contribution in [2.45, 2.75) is 6.92 Å². The van der Waals surface area contributed by atoms with Crippen LogP contribution in [-0.2, 0) is 14.3 Å². The van der Waals surface area contributed by atoms with E-state index in [2.05, 4.69) is 26.6 Å². The van der Waals surface area contributed by atoms with Gasteiger partial charge in [0.25, 0.3) is 11.8 Å². The van der Waals surface area contributed by atoms with Gasteiger partial charge >= 0.3 is 5.97 Å². The lowest BCUT2D eigenvalue weighted by Gasteiger charge is -2.09. The third-order valence-corrected chi connectivity index (χ3v) is 4.44. The molecule has 0 aromatic heterocycles. The Morgan fingerprint density at radius 1 is 1.07 bits per heavy atom. The minimum atomic E-state index is -0.709. The van der Waals surface area contributed by atoms with Crippen molar-refractivity contribution in [2.24, 2.45) is 0 Å². The van der Waals surface area contributed by atoms with E-state index in [1.807, 2.05) is 13.0 Å². The van der Waals surface area contributed by atoms with Crippen molar-refractivity contribution in [3.8, 4) is 5.75 Å². The molecular weight excluding hydrogens is 416 g/mol. The molecule has 0 bridgehead atoms. The molecule has 0 unspecified atom stereocenters. The number of hydrogen-bond donors (Lipinski definition) is 2. The van der Waals surface area contributed by atoms with Gasteiger partial charge in [0.05, 0.1) is 7.11 Å². The van der Waals surface area contributed by atoms with E-state index < -0.39 is 24.4 Å². The molecule has 0 atom stereocenters. The third kappa shape index (κ3) is 6.41. The van der Waals surface area contributed by atoms with E-state index in [0.717, 1.165) is 10.0 Å². The Labute approximate surface area is 165 Å². The smallest absolute Gasteiger partial charge is 0.325 e. The number of amides is 2. The number of carbonyl (C=O) groups excluding carboxylic acids is 3. The summed E-state index contributed by atoms with van der Waals surface area (Å²) in [5.41, 5.74) is 1.95. The lowest BCUT2D eigenvalue weighted by Crippen LogP contribution is -2.32. The first kappa shape index (κ1) is 20.4. The van der Waals surface area contributed by atoms with Crippen LogP contribution < -0.4 is 15.4 Å². The summed E-state index contributed by atoms with van der Waals surface area (Å²) in [5.74, 6) is -0.979. The van der Waals surface area contributed by atoms with E-state index in [4.69, 9.17) is 9.47 Å². The minimum absolute atomic E-state index is 0.338. The number of esters is 1. The zero-order valence-corrected chi connectivity index (χ0v) is 16.5. The summed E-state index contributed by atoms with van der Waals surface area (Å²) in [6.45, 7) is 1.12. The summed E-state index contributed by atoms with van der Waals surface area (Å²) in [6, 6.07) is 11.8. The van der Waals surface area contributed by atoms with Crippen molar-refractivity contribution < 1.29 is 23.9 Å². The molecular formula is C19H19BrN2O5. The maximum Gasteiger partial charge on any atom is 0.325 e. The molecule has 0 spiro atoms. The molecule has 0 fully saturated rings. The van der Waals surface area contributed by atoms with E-state index in [1.165, 1.54) is 7.11 Å². The van der Waals surface area contributed by atoms with E-state index in [0.29, 0.717) is 17.0 Å². The van der Waals surface area contributed by atoms with Crippen LogP contribution >= 0.6 is 15.9 Å². The molecule has 27 heavy (non-hydrogen) atoms. The van der Waals surface area contributed by atoms with Gasteiger partial charge in [0, 0.05) is 15.7 Å². The summed E-state index contributed by atoms with van der Waals surface area (Å²) in [4.78, 5) is 35.5. The number of aryl methyl sites for hydroxylation is 1. The van der Waals surface area contributed by atoms with Crippen LogP contribution in [0, 0.1) is 6.92 Å². The Balaban J connectivity index is 1.74. The zero-order chi connectivity index (χ0) is 19.8. The number of ether oxygens (including phenoxy) is 2. The monoisotopic (exact) mass is 434 g/mol. The molecule has 0 heterocycles. The first-order valence-corrected chi connectivity index (χ1v) is 8.82. The number of hydrogen-bond acceptors (Lipinski definition) is 5. The Kier molecular flexibility index (Phi) is 7.36. The van der Waals surface area contributed by atoms with Crippen molar-refractivity contribution in [3.05, 3.63) is 58.1 Å². The largest absolute Gasteiger partial charge is 0.497 e. The van der Waals surface area contributed by atoms with E-state index in [9.17, 15) is 14.4 Å². The second kappa shape index (κ2) is 9.72. The van der Waals surface area contributed by atoms with Gasteiger partial charge in [0.2, 0.25) is 0 Å². The van der Waals surface area contributed by atoms with Crippen LogP contribution in [0.1, 0.15) is 15.9 Å². The second-order valence-corrected chi connectivity index (χ2v) is 6.44. The Bertz CT molecular complexity index is 836. The van der Waals surface area contributed by atoms with Gasteiger partial charge in [0.15, 0.2) is 6.61 Å². The molecule has 7 nitrogen and oxygen atoms in total. The quantitative estimate of drug-likeness (QED) is 0.653. The van der Waals surface area contributed by atoms with E-state index in [1.54, 1.807) is 36.4 Å². The van der Waals surface area contributed by atoms with Crippen molar-refractivity contribution in [2.75, 3.05) is 25.6 Å². The fourth-order valence-corrected chi connectivity index (χ4v) is 2.36. The highest BCUT2D eigenvalue weighted by molar-refractivity contribution is 9.10. The molecule has 0 saturated heterocycles. The van der Waals surface area contributed by atoms with E-state index >= 15 is 0 Å². The predicted octanol–water partition coefficient (Wildman–Crippen LogP) is 2.68. The molecule has 0 saturated carbocycles. The number of rotatable bonds is 7. The summed E-state index contributed by atoms with van der Waals surface area (Å²) < 4.78 is 10.8. The van der Waals surface area contributed by atoms with E-state index in [-0.39, 0.29) is 6.54 Å². The highest BCUT2D eigenvalue weighted by Crippen LogP contribution is 2.19. The number of anilines is 1. The van der Waals surface area contributed by atoms with Crippen molar-refractivity contribution in [3.63, 3.8) is 0 Å². The number of methoxy groups -OCH3 is 1. The molecule has 0 aliphatic heterocycles. The average Bonchev–Trinajstić information content (AvgIpc) is 2.67. The number of nitrogens with one attached hydrogen (secondary N) is 2. The van der Waals surface area contributed by atoms with Gasteiger partial charge in [-0.05, 0) is 55.0 Å². The van der Waals surface area contributed by atoms with Crippen LogP contribution in [0.3, 0.4) is 0 Å². The molecule has 2 aromatic rings. The van der Waals surface area contributed by atoms with Crippen LogP contribution in [0.5, 0.6) is 5.75 Å². The molecule has 2 N–H and O–H groups in total. The summed E-state index contributed by atoms with van der Waals surface area (Å²) in [7, 11) is 1.53. The van der Waals surface area contributed by atoms with Gasteiger partial charge in [0.1, 0.15) is 12.3 Å². The number of halogens is 1. The van der Waals surface area contributed by atoms with Crippen LogP contribution in [-0.4, -0.2) is 38.0 Å². The summed E-state index contributed by atoms with van der Waals surface area (Å²) >= 11 is 3.38. The molecule has 142 valence electrons. The predicted molar refractivity (Wildman–Crippen MR) is 104 cm³/mol. The standard InChI is InChI=1S/C19H19BrN2O5/c1-12-9-14(5-8-16(12)20)22-17(23)11-27-18(24)10-21-19(25)13-3-6-15(26-2)7-4-13/h3-9H,10-11H2,1-2H3,(H,21,25)(H,22,23). The van der Waals surface area contributed by atoms with Crippen molar-refractivity contribution in [1.82, 2.24) is 5.32 Å². The fourth-order valence-electron chi connectivity index (χ4n) is 2.11. The van der Waals surface area contributed by atoms with Crippen molar-refractivity contribution >= 4 is 39.4 Å². The average molecular weight is 435 g/mol. The fraction of sp³-hybridized carbons (Fsp3) is 0.211. The van der Waals surface area contributed by atoms with Gasteiger partial charge in [-0.15, -0.1) is 0 Å². The minimum Gasteiger partial charge on any atom is -0.497 e. The van der Waals surface area contributed by atoms with Gasteiger partial charge in [-0.2, -0.15) is 0 Å². The van der Waals surface area contributed by atoms with Gasteiger partial charge in [-0.3, -0.25) is 14.4 Å². The van der Waals surface area contributed by atoms with Crippen LogP contribution in [0.2, 0.25) is 0 Å². The Morgan fingerprint density at radius 3 is 2.41 bits per heavy atom. The number of benzene rings is 2. The topological polar surface area (TPSA) is 93.7 Å². The number of carbonyl (C=O) groups is 3. The Hall–Kier alpha value is -2.87. The molecule has 2 aromatic carbocycles. The first-order valence-electron chi connectivity index (χ1n) is 8.03. The SMILES string of the molecule is COc1ccc(C(=O)NCC(=O)OCC(=O)Nc2ccc(Br)c(C)c2)cc1. The highest BCUT2D eigenvalue weighted by Gasteiger charge is 2.11. The Morgan fingerprint density at radius 2 is 1.78 bits per heavy atom. The van der Waals surface area contributed by atoms with Crippen LogP contribution in [0.25, 0.3) is 0 Å². The zero-order valence-electron chi connectivity index (χ0n) is 14.9. The maximum atomic E-state index is 11.9. The summed E-state index contributed by atoms with van der Waals surface area (Å²) in [5, 5.41) is 5.06. The first-order chi connectivity index (χ1) is 12.9. The molecule has 0 radical (unpaired) electrons. The van der Waals surface area contributed by atoms with Gasteiger partial charge in [-0.25, -0.2) is 0 Å². The lowest BCUT2D eigenvalue weighted by molar-refractivity contribution is -0.146. The maximum absolute atomic E-state index is 11.9. The molecule has 2 amide bonds. The molecule has 0 aliphatic carbocycles. The highest BCUT2D eigenvalue weighted by atomic mass is 79.9. The van der Waals surface area contributed by atoms with Crippen LogP contribution in [0.15, 0.2) is 46.9 Å².